The molecule has 5 atom stereocenters. The molecule has 0 aliphatic carbocycles. The molecule has 0 aromatic rings. The molecule has 1 fully saturated rings. The summed E-state index contributed by atoms with van der Waals surface area (Å²) in [6, 6.07) is 0. The zero-order chi connectivity index (χ0) is 45.0. The summed E-state index contributed by atoms with van der Waals surface area (Å²) < 4.78 is 55.6. The zero-order valence-electron chi connectivity index (χ0n) is 35.9. The van der Waals surface area contributed by atoms with E-state index in [1.807, 2.05) is 0 Å². The highest BCUT2D eigenvalue weighted by Crippen LogP contribution is 2.28. The number of methoxy groups -OCH3 is 1. The number of hydrogen-bond donors (Lipinski definition) is 0. The van der Waals surface area contributed by atoms with Crippen molar-refractivity contribution in [2.75, 3.05) is 40.1 Å². The average Bonchev–Trinajstić information content (AvgIpc) is 3.19. The predicted octanol–water partition coefficient (Wildman–Crippen LogP) is 5.62. The van der Waals surface area contributed by atoms with Crippen molar-refractivity contribution in [3.8, 4) is 0 Å². The highest BCUT2D eigenvalue weighted by atomic mass is 16.7. The first-order valence-corrected chi connectivity index (χ1v) is 20.2. The Labute approximate surface area is 353 Å². The maximum absolute atomic E-state index is 13.3. The van der Waals surface area contributed by atoms with Crippen molar-refractivity contribution in [1.82, 2.24) is 0 Å². The van der Waals surface area contributed by atoms with Crippen LogP contribution in [0.1, 0.15) is 111 Å². The SMILES string of the molecule is C=C(C)C(=O)OCCCCCC(=O)O[C@H]1C(OC(=O)CCCCOC(=O)C(=C)C)OC[C@@H](OC(=O)CCCCOC(=O)C(=C)C)[C@@H]1OC(CCCCOC(=O)C(=C)C)OC. The lowest BCUT2D eigenvalue weighted by Gasteiger charge is -2.41. The average molecular weight is 853 g/mol. The maximum Gasteiger partial charge on any atom is 0.333 e. The molecule has 0 saturated carbocycles. The Kier molecular flexibility index (Phi) is 26.8. The van der Waals surface area contributed by atoms with Crippen LogP contribution >= 0.6 is 0 Å². The van der Waals surface area contributed by atoms with Crippen molar-refractivity contribution in [2.45, 2.75) is 142 Å². The van der Waals surface area contributed by atoms with Crippen LogP contribution in [-0.4, -0.2) is 113 Å². The lowest BCUT2D eigenvalue weighted by atomic mass is 10.0. The molecule has 0 bridgehead atoms. The fourth-order valence-electron chi connectivity index (χ4n) is 5.14. The van der Waals surface area contributed by atoms with Gasteiger partial charge < -0.3 is 47.4 Å². The van der Waals surface area contributed by atoms with E-state index < -0.39 is 72.7 Å². The number of carbonyl (C=O) groups is 7. The molecule has 0 spiro atoms. The lowest BCUT2D eigenvalue weighted by Crippen LogP contribution is -2.59. The summed E-state index contributed by atoms with van der Waals surface area (Å²) in [6.45, 7) is 20.4. The van der Waals surface area contributed by atoms with Gasteiger partial charge in [0.1, 0.15) is 6.10 Å². The topological polar surface area (TPSA) is 212 Å². The Morgan fingerprint density at radius 3 is 1.33 bits per heavy atom. The van der Waals surface area contributed by atoms with Gasteiger partial charge in [0.05, 0.1) is 33.0 Å². The van der Waals surface area contributed by atoms with Crippen molar-refractivity contribution >= 4 is 41.8 Å². The second kappa shape index (κ2) is 30.2. The van der Waals surface area contributed by atoms with E-state index in [0.717, 1.165) is 0 Å². The minimum absolute atomic E-state index is 0.0589. The van der Waals surface area contributed by atoms with E-state index in [4.69, 9.17) is 47.4 Å². The third-order valence-electron chi connectivity index (χ3n) is 8.49. The molecule has 0 N–H and O–H groups in total. The van der Waals surface area contributed by atoms with Crippen molar-refractivity contribution < 1.29 is 80.9 Å². The zero-order valence-corrected chi connectivity index (χ0v) is 35.9. The van der Waals surface area contributed by atoms with E-state index >= 15 is 0 Å². The minimum atomic E-state index is -1.48. The van der Waals surface area contributed by atoms with Gasteiger partial charge in [-0.05, 0) is 91.9 Å². The molecule has 338 valence electrons. The van der Waals surface area contributed by atoms with Gasteiger partial charge in [-0.25, -0.2) is 19.2 Å². The molecule has 17 heteroatoms. The van der Waals surface area contributed by atoms with E-state index in [1.165, 1.54) is 27.9 Å². The van der Waals surface area contributed by atoms with Gasteiger partial charge in [-0.2, -0.15) is 0 Å². The van der Waals surface area contributed by atoms with Gasteiger partial charge in [0.15, 0.2) is 18.5 Å². The monoisotopic (exact) mass is 852 g/mol. The van der Waals surface area contributed by atoms with E-state index in [-0.39, 0.29) is 81.0 Å². The second-order valence-electron chi connectivity index (χ2n) is 14.3. The van der Waals surface area contributed by atoms with Crippen molar-refractivity contribution in [3.05, 3.63) is 48.6 Å². The Morgan fingerprint density at radius 1 is 0.517 bits per heavy atom. The maximum atomic E-state index is 13.3. The molecule has 1 heterocycles. The third-order valence-corrected chi connectivity index (χ3v) is 8.49. The Balaban J connectivity index is 3.20. The second-order valence-corrected chi connectivity index (χ2v) is 14.3. The Morgan fingerprint density at radius 2 is 0.900 bits per heavy atom. The first-order valence-electron chi connectivity index (χ1n) is 20.2. The molecular formula is C43H64O17. The van der Waals surface area contributed by atoms with E-state index in [1.54, 1.807) is 6.92 Å². The number of hydrogen-bond acceptors (Lipinski definition) is 17. The number of carbonyl (C=O) groups excluding carboxylic acids is 7. The highest BCUT2D eigenvalue weighted by molar-refractivity contribution is 5.88. The van der Waals surface area contributed by atoms with Crippen molar-refractivity contribution in [1.29, 1.82) is 0 Å². The van der Waals surface area contributed by atoms with Crippen LogP contribution in [0, 0.1) is 0 Å². The molecule has 1 aliphatic heterocycles. The Bertz CT molecular complexity index is 1480. The fourth-order valence-corrected chi connectivity index (χ4v) is 5.14. The molecule has 1 saturated heterocycles. The quantitative estimate of drug-likeness (QED) is 0.0272. The molecule has 60 heavy (non-hydrogen) atoms. The molecule has 17 nitrogen and oxygen atoms in total. The summed E-state index contributed by atoms with van der Waals surface area (Å²) in [6.07, 6.45) is -2.62. The van der Waals surface area contributed by atoms with Gasteiger partial charge in [-0.15, -0.1) is 0 Å². The summed E-state index contributed by atoms with van der Waals surface area (Å²) in [4.78, 5) is 86.3. The highest BCUT2D eigenvalue weighted by Gasteiger charge is 2.48. The van der Waals surface area contributed by atoms with Gasteiger partial charge in [0.25, 0.3) is 0 Å². The molecular weight excluding hydrogens is 788 g/mol. The van der Waals surface area contributed by atoms with Gasteiger partial charge in [0, 0.05) is 48.7 Å². The summed E-state index contributed by atoms with van der Waals surface area (Å²) in [5, 5.41) is 0. The van der Waals surface area contributed by atoms with Crippen LogP contribution in [0.25, 0.3) is 0 Å². The number of rotatable bonds is 31. The molecule has 0 aromatic carbocycles. The van der Waals surface area contributed by atoms with E-state index in [9.17, 15) is 33.6 Å². The van der Waals surface area contributed by atoms with Crippen LogP contribution in [0.3, 0.4) is 0 Å². The minimum Gasteiger partial charge on any atom is -0.462 e. The van der Waals surface area contributed by atoms with Crippen LogP contribution in [0.15, 0.2) is 48.6 Å². The molecule has 1 aliphatic rings. The first-order chi connectivity index (χ1) is 28.5. The molecule has 1 rings (SSSR count). The predicted molar refractivity (Wildman–Crippen MR) is 214 cm³/mol. The summed E-state index contributed by atoms with van der Waals surface area (Å²) in [7, 11) is 1.40. The van der Waals surface area contributed by atoms with Crippen molar-refractivity contribution in [3.63, 3.8) is 0 Å². The fraction of sp³-hybridized carbons (Fsp3) is 0.651. The number of ether oxygens (including phenoxy) is 10. The number of esters is 7. The summed E-state index contributed by atoms with van der Waals surface area (Å²) in [5.41, 5.74) is 1.04. The van der Waals surface area contributed by atoms with Gasteiger partial charge in [-0.3, -0.25) is 14.4 Å². The normalized spacial score (nSPS) is 17.6. The van der Waals surface area contributed by atoms with Crippen LogP contribution in [0.5, 0.6) is 0 Å². The van der Waals surface area contributed by atoms with E-state index in [2.05, 4.69) is 26.3 Å². The smallest absolute Gasteiger partial charge is 0.333 e. The molecule has 0 aromatic heterocycles. The van der Waals surface area contributed by atoms with E-state index in [0.29, 0.717) is 57.8 Å². The van der Waals surface area contributed by atoms with Crippen LogP contribution in [-0.2, 0) is 80.9 Å². The standard InChI is InChI=1S/C43H64O17/c1-28(2)39(47)52-23-15-10-11-19-34(45)58-38-37(60-36(51-9)22-14-18-26-55-42(50)31(7)8)32(57-33(44)20-12-16-24-53-40(48)29(3)4)27-56-43(38)59-35(46)21-13-17-25-54-41(49)30(5)6/h32,36-38,43H,1,3,5,7,10-27H2,2,4,6,8-9H3/t32-,36?,37+,38-,43?/m1/s1. The molecule has 0 radical (unpaired) electrons. The lowest BCUT2D eigenvalue weighted by molar-refractivity contribution is -0.301. The van der Waals surface area contributed by atoms with Crippen LogP contribution < -0.4 is 0 Å². The van der Waals surface area contributed by atoms with Crippen LogP contribution in [0.2, 0.25) is 0 Å². The van der Waals surface area contributed by atoms with Gasteiger partial charge in [-0.1, -0.05) is 26.3 Å². The van der Waals surface area contributed by atoms with Crippen LogP contribution in [0.4, 0.5) is 0 Å². The third kappa shape index (κ3) is 23.1. The summed E-state index contributed by atoms with van der Waals surface area (Å²) >= 11 is 0. The molecule has 0 amide bonds. The van der Waals surface area contributed by atoms with Crippen molar-refractivity contribution in [2.24, 2.45) is 0 Å². The first kappa shape index (κ1) is 53.1. The largest absolute Gasteiger partial charge is 0.462 e. The summed E-state index contributed by atoms with van der Waals surface area (Å²) in [5.74, 6) is -4.15. The van der Waals surface area contributed by atoms with Gasteiger partial charge in [0.2, 0.25) is 6.29 Å². The Hall–Kier alpha value is -4.87. The number of unbranched alkanes of at least 4 members (excludes halogenated alkanes) is 5. The molecule has 2 unspecified atom stereocenters. The van der Waals surface area contributed by atoms with Gasteiger partial charge >= 0.3 is 41.8 Å².